The lowest BCUT2D eigenvalue weighted by atomic mass is 10.0. The van der Waals surface area contributed by atoms with Crippen molar-refractivity contribution in [3.05, 3.63) is 42.1 Å². The number of hydrogen-bond acceptors (Lipinski definition) is 5. The van der Waals surface area contributed by atoms with E-state index >= 15 is 0 Å². The van der Waals surface area contributed by atoms with Crippen molar-refractivity contribution in [3.63, 3.8) is 0 Å². The fourth-order valence-electron chi connectivity index (χ4n) is 2.21. The van der Waals surface area contributed by atoms with Crippen LogP contribution in [0.15, 0.2) is 36.5 Å². The van der Waals surface area contributed by atoms with Gasteiger partial charge in [0.25, 0.3) is 0 Å². The van der Waals surface area contributed by atoms with Crippen LogP contribution in [-0.2, 0) is 9.84 Å². The second-order valence-electron chi connectivity index (χ2n) is 4.95. The van der Waals surface area contributed by atoms with E-state index in [0.717, 1.165) is 16.5 Å². The summed E-state index contributed by atoms with van der Waals surface area (Å²) in [5.41, 5.74) is 4.73. The van der Waals surface area contributed by atoms with Crippen molar-refractivity contribution >= 4 is 20.7 Å². The van der Waals surface area contributed by atoms with Crippen LogP contribution in [0, 0.1) is 0 Å². The van der Waals surface area contributed by atoms with E-state index < -0.39 is 9.84 Å². The van der Waals surface area contributed by atoms with E-state index in [-0.39, 0.29) is 11.8 Å². The third-order valence-electron chi connectivity index (χ3n) is 3.24. The first-order valence-corrected chi connectivity index (χ1v) is 8.54. The second-order valence-corrected chi connectivity index (χ2v) is 7.21. The summed E-state index contributed by atoms with van der Waals surface area (Å²) in [6.07, 6.45) is 4.26. The number of nitrogens with one attached hydrogen (secondary N) is 1. The van der Waals surface area contributed by atoms with Crippen LogP contribution < -0.4 is 11.3 Å². The molecule has 5 nitrogen and oxygen atoms in total. The largest absolute Gasteiger partial charge is 0.271 e. The smallest absolute Gasteiger partial charge is 0.147 e. The van der Waals surface area contributed by atoms with Gasteiger partial charge >= 0.3 is 0 Å². The Bertz CT molecular complexity index is 686. The van der Waals surface area contributed by atoms with Crippen molar-refractivity contribution in [1.29, 1.82) is 0 Å². The monoisotopic (exact) mass is 293 g/mol. The summed E-state index contributed by atoms with van der Waals surface area (Å²) in [6, 6.07) is 9.79. The zero-order valence-electron chi connectivity index (χ0n) is 11.4. The number of rotatable bonds is 6. The van der Waals surface area contributed by atoms with Crippen molar-refractivity contribution in [2.24, 2.45) is 5.84 Å². The predicted octanol–water partition coefficient (Wildman–Crippen LogP) is 1.56. The fraction of sp³-hybridized carbons (Fsp3) is 0.357. The standard InChI is InChI=1S/C14H19N3O2S/c1-20(18,19)9-3-5-14(17-15)12-6-7-13-11(10-12)4-2-8-16-13/h2,4,6-8,10,14,17H,3,5,9,15H2,1H3. The molecule has 1 aromatic carbocycles. The van der Waals surface area contributed by atoms with Crippen LogP contribution in [0.25, 0.3) is 10.9 Å². The molecular weight excluding hydrogens is 274 g/mol. The van der Waals surface area contributed by atoms with Crippen LogP contribution in [0.3, 0.4) is 0 Å². The van der Waals surface area contributed by atoms with Gasteiger partial charge in [0.1, 0.15) is 9.84 Å². The topological polar surface area (TPSA) is 85.1 Å². The van der Waals surface area contributed by atoms with Crippen LogP contribution in [0.4, 0.5) is 0 Å². The molecule has 6 heteroatoms. The number of pyridine rings is 1. The van der Waals surface area contributed by atoms with Gasteiger partial charge in [-0.1, -0.05) is 12.1 Å². The predicted molar refractivity (Wildman–Crippen MR) is 80.8 cm³/mol. The summed E-state index contributed by atoms with van der Waals surface area (Å²) < 4.78 is 22.3. The Hall–Kier alpha value is -1.50. The molecule has 0 fully saturated rings. The summed E-state index contributed by atoms with van der Waals surface area (Å²) >= 11 is 0. The molecule has 3 N–H and O–H groups in total. The Balaban J connectivity index is 2.12. The van der Waals surface area contributed by atoms with E-state index in [1.165, 1.54) is 6.26 Å². The van der Waals surface area contributed by atoms with E-state index in [2.05, 4.69) is 10.4 Å². The van der Waals surface area contributed by atoms with Gasteiger partial charge in [0.15, 0.2) is 0 Å². The molecule has 2 aromatic rings. The van der Waals surface area contributed by atoms with Gasteiger partial charge in [0, 0.05) is 29.6 Å². The lowest BCUT2D eigenvalue weighted by Gasteiger charge is -2.16. The molecule has 1 aromatic heterocycles. The number of nitrogens with two attached hydrogens (primary N) is 1. The number of nitrogens with zero attached hydrogens (tertiary/aromatic N) is 1. The lowest BCUT2D eigenvalue weighted by molar-refractivity contribution is 0.508. The fourth-order valence-corrected chi connectivity index (χ4v) is 2.90. The zero-order valence-corrected chi connectivity index (χ0v) is 12.2. The summed E-state index contributed by atoms with van der Waals surface area (Å²) in [7, 11) is -2.92. The molecule has 0 radical (unpaired) electrons. The lowest BCUT2D eigenvalue weighted by Crippen LogP contribution is -2.28. The Morgan fingerprint density at radius 1 is 1.35 bits per heavy atom. The highest BCUT2D eigenvalue weighted by atomic mass is 32.2. The maximum atomic E-state index is 11.2. The molecule has 0 saturated carbocycles. The number of hydrogen-bond donors (Lipinski definition) is 2. The molecule has 1 unspecified atom stereocenters. The Labute approximate surface area is 119 Å². The van der Waals surface area contributed by atoms with Crippen molar-refractivity contribution in [2.75, 3.05) is 12.0 Å². The van der Waals surface area contributed by atoms with E-state index in [9.17, 15) is 8.42 Å². The Kier molecular flexibility index (Phi) is 4.69. The summed E-state index contributed by atoms with van der Waals surface area (Å²) in [5.74, 6) is 5.76. The average molecular weight is 293 g/mol. The molecule has 0 saturated heterocycles. The molecule has 0 aliphatic carbocycles. The highest BCUT2D eigenvalue weighted by molar-refractivity contribution is 7.90. The maximum absolute atomic E-state index is 11.2. The molecule has 2 rings (SSSR count). The van der Waals surface area contributed by atoms with Crippen molar-refractivity contribution in [1.82, 2.24) is 10.4 Å². The van der Waals surface area contributed by atoms with E-state index in [1.54, 1.807) is 6.20 Å². The number of hydrazine groups is 1. The summed E-state index contributed by atoms with van der Waals surface area (Å²) in [4.78, 5) is 4.27. The second kappa shape index (κ2) is 6.30. The highest BCUT2D eigenvalue weighted by Gasteiger charge is 2.12. The number of sulfone groups is 1. The molecule has 20 heavy (non-hydrogen) atoms. The van der Waals surface area contributed by atoms with Crippen molar-refractivity contribution in [2.45, 2.75) is 18.9 Å². The minimum atomic E-state index is -2.92. The number of benzene rings is 1. The molecule has 1 atom stereocenters. The molecule has 108 valence electrons. The minimum absolute atomic E-state index is 0.0543. The van der Waals surface area contributed by atoms with Gasteiger partial charge in [-0.25, -0.2) is 8.42 Å². The van der Waals surface area contributed by atoms with Gasteiger partial charge in [-0.05, 0) is 36.6 Å². The maximum Gasteiger partial charge on any atom is 0.147 e. The first-order valence-electron chi connectivity index (χ1n) is 6.48. The normalized spacial score (nSPS) is 13.5. The molecular formula is C14H19N3O2S. The van der Waals surface area contributed by atoms with Crippen molar-refractivity contribution < 1.29 is 8.42 Å². The minimum Gasteiger partial charge on any atom is -0.271 e. The van der Waals surface area contributed by atoms with Crippen LogP contribution in [0.1, 0.15) is 24.4 Å². The third kappa shape index (κ3) is 4.00. The molecule has 0 aliphatic heterocycles. The van der Waals surface area contributed by atoms with Crippen LogP contribution in [0.5, 0.6) is 0 Å². The van der Waals surface area contributed by atoms with Crippen LogP contribution in [0.2, 0.25) is 0 Å². The molecule has 0 amide bonds. The Morgan fingerprint density at radius 2 is 2.15 bits per heavy atom. The molecule has 0 aliphatic rings. The first kappa shape index (κ1) is 14.9. The molecule has 1 heterocycles. The van der Waals surface area contributed by atoms with Gasteiger partial charge < -0.3 is 0 Å². The average Bonchev–Trinajstić information content (AvgIpc) is 2.42. The van der Waals surface area contributed by atoms with Crippen molar-refractivity contribution in [3.8, 4) is 0 Å². The number of aromatic nitrogens is 1. The van der Waals surface area contributed by atoms with E-state index in [4.69, 9.17) is 5.84 Å². The zero-order chi connectivity index (χ0) is 14.6. The summed E-state index contributed by atoms with van der Waals surface area (Å²) in [5, 5.41) is 1.05. The van der Waals surface area contributed by atoms with Gasteiger partial charge in [-0.2, -0.15) is 0 Å². The van der Waals surface area contributed by atoms with E-state index in [1.807, 2.05) is 30.3 Å². The van der Waals surface area contributed by atoms with E-state index in [0.29, 0.717) is 12.8 Å². The quantitative estimate of drug-likeness (QED) is 0.623. The number of fused-ring (bicyclic) bond motifs is 1. The van der Waals surface area contributed by atoms with Gasteiger partial charge in [-0.3, -0.25) is 16.3 Å². The molecule has 0 spiro atoms. The SMILES string of the molecule is CS(=O)(=O)CCCC(NN)c1ccc2ncccc2c1. The molecule has 0 bridgehead atoms. The summed E-state index contributed by atoms with van der Waals surface area (Å²) in [6.45, 7) is 0. The van der Waals surface area contributed by atoms with Gasteiger partial charge in [0.2, 0.25) is 0 Å². The van der Waals surface area contributed by atoms with Gasteiger partial charge in [0.05, 0.1) is 5.52 Å². The van der Waals surface area contributed by atoms with Crippen LogP contribution >= 0.6 is 0 Å². The van der Waals surface area contributed by atoms with Crippen LogP contribution in [-0.4, -0.2) is 25.4 Å². The third-order valence-corrected chi connectivity index (χ3v) is 4.27. The first-order chi connectivity index (χ1) is 9.49. The highest BCUT2D eigenvalue weighted by Crippen LogP contribution is 2.22. The van der Waals surface area contributed by atoms with Gasteiger partial charge in [-0.15, -0.1) is 0 Å². The Morgan fingerprint density at radius 3 is 2.85 bits per heavy atom.